The molecule has 1 saturated heterocycles. The van der Waals surface area contributed by atoms with Crippen molar-refractivity contribution in [3.05, 3.63) is 0 Å². The molecule has 0 saturated carbocycles. The summed E-state index contributed by atoms with van der Waals surface area (Å²) in [5.74, 6) is 0.676. The van der Waals surface area contributed by atoms with E-state index in [2.05, 4.69) is 18.7 Å². The van der Waals surface area contributed by atoms with Crippen LogP contribution < -0.4 is 5.73 Å². The molecule has 2 unspecified atom stereocenters. The maximum absolute atomic E-state index is 10.1. The lowest BCUT2D eigenvalue weighted by Crippen LogP contribution is -2.59. The van der Waals surface area contributed by atoms with Crippen LogP contribution in [0.3, 0.4) is 0 Å². The molecule has 0 aromatic carbocycles. The number of hydrogen-bond acceptors (Lipinski definition) is 3. The van der Waals surface area contributed by atoms with Crippen LogP contribution >= 0.6 is 0 Å². The van der Waals surface area contributed by atoms with Crippen LogP contribution in [0.25, 0.3) is 0 Å². The Kier molecular flexibility index (Phi) is 3.93. The summed E-state index contributed by atoms with van der Waals surface area (Å²) in [5, 5.41) is 10.1. The highest BCUT2D eigenvalue weighted by Crippen LogP contribution is 2.24. The van der Waals surface area contributed by atoms with Gasteiger partial charge in [0, 0.05) is 25.7 Å². The Bertz CT molecular complexity index is 184. The minimum atomic E-state index is -0.618. The van der Waals surface area contributed by atoms with Crippen molar-refractivity contribution in [3.8, 4) is 0 Å². The molecule has 1 rings (SSSR count). The molecule has 1 aliphatic heterocycles. The second kappa shape index (κ2) is 4.60. The Morgan fingerprint density at radius 2 is 2.21 bits per heavy atom. The van der Waals surface area contributed by atoms with Crippen molar-refractivity contribution in [3.63, 3.8) is 0 Å². The average Bonchev–Trinajstić information content (AvgIpc) is 2.11. The smallest absolute Gasteiger partial charge is 0.0820 e. The maximum atomic E-state index is 10.1. The monoisotopic (exact) mass is 200 g/mol. The normalized spacial score (nSPS) is 35.1. The molecule has 3 heteroatoms. The second-order valence-electron chi connectivity index (χ2n) is 4.97. The van der Waals surface area contributed by atoms with E-state index in [9.17, 15) is 5.11 Å². The molecule has 1 heterocycles. The van der Waals surface area contributed by atoms with Gasteiger partial charge in [0.2, 0.25) is 0 Å². The molecule has 0 amide bonds. The van der Waals surface area contributed by atoms with Crippen LogP contribution in [0, 0.1) is 5.92 Å². The molecular weight excluding hydrogens is 176 g/mol. The fourth-order valence-corrected chi connectivity index (χ4v) is 2.20. The number of nitrogens with two attached hydrogens (primary N) is 1. The van der Waals surface area contributed by atoms with E-state index in [1.165, 1.54) is 0 Å². The van der Waals surface area contributed by atoms with Gasteiger partial charge in [-0.05, 0) is 18.8 Å². The van der Waals surface area contributed by atoms with Gasteiger partial charge < -0.3 is 15.7 Å². The summed E-state index contributed by atoms with van der Waals surface area (Å²) in [7, 11) is 0. The van der Waals surface area contributed by atoms with E-state index in [0.717, 1.165) is 32.5 Å². The van der Waals surface area contributed by atoms with Crippen LogP contribution in [0.2, 0.25) is 0 Å². The number of rotatable bonds is 3. The van der Waals surface area contributed by atoms with Gasteiger partial charge in [0.15, 0.2) is 0 Å². The van der Waals surface area contributed by atoms with Gasteiger partial charge in [0.1, 0.15) is 0 Å². The van der Waals surface area contributed by atoms with Crippen molar-refractivity contribution in [2.45, 2.75) is 45.3 Å². The Hall–Kier alpha value is -0.120. The third-order valence-electron chi connectivity index (χ3n) is 3.24. The largest absolute Gasteiger partial charge is 0.388 e. The topological polar surface area (TPSA) is 49.5 Å². The summed E-state index contributed by atoms with van der Waals surface area (Å²) in [6.45, 7) is 9.35. The average molecular weight is 200 g/mol. The standard InChI is InChI=1S/C11H24N2O/c1-4-11(14)5-6-13(7-9(2)3)8-10(11)12/h9-10,14H,4-8,12H2,1-3H3. The molecule has 0 bridgehead atoms. The summed E-state index contributed by atoms with van der Waals surface area (Å²) in [4.78, 5) is 2.36. The molecule has 1 aliphatic rings. The van der Waals surface area contributed by atoms with Crippen molar-refractivity contribution in [2.75, 3.05) is 19.6 Å². The SMILES string of the molecule is CCC1(O)CCN(CC(C)C)CC1N. The van der Waals surface area contributed by atoms with Gasteiger partial charge >= 0.3 is 0 Å². The zero-order chi connectivity index (χ0) is 10.8. The summed E-state index contributed by atoms with van der Waals surface area (Å²) < 4.78 is 0. The Morgan fingerprint density at radius 3 is 2.64 bits per heavy atom. The molecule has 3 nitrogen and oxygen atoms in total. The quantitative estimate of drug-likeness (QED) is 0.709. The number of nitrogens with zero attached hydrogens (tertiary/aromatic N) is 1. The highest BCUT2D eigenvalue weighted by molar-refractivity contribution is 4.95. The van der Waals surface area contributed by atoms with Crippen molar-refractivity contribution < 1.29 is 5.11 Å². The fraction of sp³-hybridized carbons (Fsp3) is 1.00. The number of aliphatic hydroxyl groups is 1. The molecule has 14 heavy (non-hydrogen) atoms. The van der Waals surface area contributed by atoms with Gasteiger partial charge in [-0.2, -0.15) is 0 Å². The van der Waals surface area contributed by atoms with Crippen LogP contribution in [-0.2, 0) is 0 Å². The third kappa shape index (κ3) is 2.69. The van der Waals surface area contributed by atoms with Gasteiger partial charge in [-0.1, -0.05) is 20.8 Å². The highest BCUT2D eigenvalue weighted by Gasteiger charge is 2.37. The molecular formula is C11H24N2O. The van der Waals surface area contributed by atoms with E-state index in [1.807, 2.05) is 6.92 Å². The first kappa shape index (κ1) is 12.0. The van der Waals surface area contributed by atoms with Crippen molar-refractivity contribution in [1.82, 2.24) is 4.90 Å². The molecule has 0 aromatic heterocycles. The molecule has 1 fully saturated rings. The maximum Gasteiger partial charge on any atom is 0.0820 e. The predicted octanol–water partition coefficient (Wildman–Crippen LogP) is 0.817. The van der Waals surface area contributed by atoms with E-state index in [1.54, 1.807) is 0 Å². The van der Waals surface area contributed by atoms with E-state index in [0.29, 0.717) is 5.92 Å². The van der Waals surface area contributed by atoms with Crippen molar-refractivity contribution in [1.29, 1.82) is 0 Å². The van der Waals surface area contributed by atoms with E-state index in [4.69, 9.17) is 5.73 Å². The molecule has 84 valence electrons. The first-order valence-corrected chi connectivity index (χ1v) is 5.68. The van der Waals surface area contributed by atoms with Crippen molar-refractivity contribution in [2.24, 2.45) is 11.7 Å². The van der Waals surface area contributed by atoms with Crippen LogP contribution in [0.4, 0.5) is 0 Å². The zero-order valence-corrected chi connectivity index (χ0v) is 9.66. The highest BCUT2D eigenvalue weighted by atomic mass is 16.3. The Balaban J connectivity index is 2.46. The van der Waals surface area contributed by atoms with Crippen LogP contribution in [-0.4, -0.2) is 41.3 Å². The molecule has 0 aliphatic carbocycles. The Labute approximate surface area is 87.3 Å². The molecule has 0 spiro atoms. The zero-order valence-electron chi connectivity index (χ0n) is 9.66. The van der Waals surface area contributed by atoms with E-state index in [-0.39, 0.29) is 6.04 Å². The fourth-order valence-electron chi connectivity index (χ4n) is 2.20. The first-order chi connectivity index (χ1) is 6.48. The molecule has 3 N–H and O–H groups in total. The molecule has 2 atom stereocenters. The minimum Gasteiger partial charge on any atom is -0.388 e. The van der Waals surface area contributed by atoms with Crippen molar-refractivity contribution >= 4 is 0 Å². The predicted molar refractivity (Wildman–Crippen MR) is 59.1 cm³/mol. The summed E-state index contributed by atoms with van der Waals surface area (Å²) in [5.41, 5.74) is 5.38. The van der Waals surface area contributed by atoms with Gasteiger partial charge in [0.25, 0.3) is 0 Å². The first-order valence-electron chi connectivity index (χ1n) is 5.68. The number of hydrogen-bond donors (Lipinski definition) is 2. The van der Waals surface area contributed by atoms with Gasteiger partial charge in [-0.15, -0.1) is 0 Å². The minimum absolute atomic E-state index is 0.0833. The van der Waals surface area contributed by atoms with Crippen LogP contribution in [0.1, 0.15) is 33.6 Å². The van der Waals surface area contributed by atoms with Gasteiger partial charge in [-0.25, -0.2) is 0 Å². The lowest BCUT2D eigenvalue weighted by molar-refractivity contribution is -0.0432. The van der Waals surface area contributed by atoms with Gasteiger partial charge in [0.05, 0.1) is 5.60 Å². The lowest BCUT2D eigenvalue weighted by atomic mass is 9.84. The van der Waals surface area contributed by atoms with Crippen LogP contribution in [0.15, 0.2) is 0 Å². The number of piperidine rings is 1. The summed E-state index contributed by atoms with van der Waals surface area (Å²) in [6, 6.07) is -0.0833. The van der Waals surface area contributed by atoms with Crippen LogP contribution in [0.5, 0.6) is 0 Å². The molecule has 0 radical (unpaired) electrons. The lowest BCUT2D eigenvalue weighted by Gasteiger charge is -2.43. The Morgan fingerprint density at radius 1 is 1.57 bits per heavy atom. The molecule has 0 aromatic rings. The van der Waals surface area contributed by atoms with Gasteiger partial charge in [-0.3, -0.25) is 0 Å². The third-order valence-corrected chi connectivity index (χ3v) is 3.24. The summed E-state index contributed by atoms with van der Waals surface area (Å²) in [6.07, 6.45) is 1.58. The van der Waals surface area contributed by atoms with E-state index >= 15 is 0 Å². The summed E-state index contributed by atoms with van der Waals surface area (Å²) >= 11 is 0. The van der Waals surface area contributed by atoms with E-state index < -0.39 is 5.60 Å². The second-order valence-corrected chi connectivity index (χ2v) is 4.97. The number of likely N-dealkylation sites (tertiary alicyclic amines) is 1.